The van der Waals surface area contributed by atoms with Crippen molar-refractivity contribution in [1.82, 2.24) is 0 Å². The molecule has 0 saturated carbocycles. The molecule has 3 rings (SSSR count). The molecule has 1 aromatic heterocycles. The second-order valence-corrected chi connectivity index (χ2v) is 8.44. The van der Waals surface area contributed by atoms with Gasteiger partial charge in [-0.2, -0.15) is 0 Å². The van der Waals surface area contributed by atoms with E-state index in [1.165, 1.54) is 11.3 Å². The van der Waals surface area contributed by atoms with E-state index >= 15 is 0 Å². The van der Waals surface area contributed by atoms with E-state index < -0.39 is 0 Å². The Hall–Kier alpha value is -1.57. The summed E-state index contributed by atoms with van der Waals surface area (Å²) in [4.78, 5) is 26.0. The van der Waals surface area contributed by atoms with Gasteiger partial charge in [-0.3, -0.25) is 4.79 Å². The van der Waals surface area contributed by atoms with Crippen LogP contribution in [-0.4, -0.2) is 25.1 Å². The van der Waals surface area contributed by atoms with Gasteiger partial charge in [0.05, 0.1) is 16.6 Å². The van der Waals surface area contributed by atoms with Crippen molar-refractivity contribution >= 4 is 55.7 Å². The molecule has 5 nitrogen and oxygen atoms in total. The van der Waals surface area contributed by atoms with Crippen LogP contribution >= 0.6 is 38.9 Å². The van der Waals surface area contributed by atoms with E-state index in [-0.39, 0.29) is 18.5 Å². The Balaban J connectivity index is 1.73. The van der Waals surface area contributed by atoms with Gasteiger partial charge in [0.1, 0.15) is 10.8 Å². The van der Waals surface area contributed by atoms with Gasteiger partial charge in [0.15, 0.2) is 6.61 Å². The Morgan fingerprint density at radius 3 is 2.81 bits per heavy atom. The number of fused-ring (bicyclic) bond motifs is 1. The first-order chi connectivity index (χ1) is 13.0. The zero-order chi connectivity index (χ0) is 19.4. The molecule has 144 valence electrons. The number of rotatable bonds is 6. The van der Waals surface area contributed by atoms with Crippen LogP contribution in [0.1, 0.15) is 40.6 Å². The Morgan fingerprint density at radius 1 is 1.30 bits per heavy atom. The number of anilines is 1. The second-order valence-electron chi connectivity index (χ2n) is 6.05. The molecule has 8 heteroatoms. The number of hydrogen-bond donors (Lipinski definition) is 1. The van der Waals surface area contributed by atoms with Crippen LogP contribution in [0.4, 0.5) is 5.00 Å². The fourth-order valence-corrected chi connectivity index (χ4v) is 5.06. The van der Waals surface area contributed by atoms with Gasteiger partial charge in [0.25, 0.3) is 5.91 Å². The van der Waals surface area contributed by atoms with Crippen LogP contribution in [0.25, 0.3) is 0 Å². The predicted molar refractivity (Wildman–Crippen MR) is 110 cm³/mol. The molecule has 1 aromatic carbocycles. The average molecular weight is 473 g/mol. The standard InChI is InChI=1S/C19H19BrClNO4S/c1-2-25-19(24)17-12-5-3-4-6-15(12)27-18(17)22-16(23)10-26-14-8-7-11(21)9-13(14)20/h7-9H,2-6,10H2,1H3,(H,22,23). The third-order valence-corrected chi connectivity index (χ3v) is 6.22. The highest BCUT2D eigenvalue weighted by atomic mass is 79.9. The van der Waals surface area contributed by atoms with Crippen LogP contribution in [-0.2, 0) is 22.4 Å². The van der Waals surface area contributed by atoms with Gasteiger partial charge >= 0.3 is 5.97 Å². The van der Waals surface area contributed by atoms with E-state index in [1.807, 2.05) is 0 Å². The molecule has 1 heterocycles. The first-order valence-electron chi connectivity index (χ1n) is 8.69. The molecule has 2 aromatic rings. The van der Waals surface area contributed by atoms with Crippen molar-refractivity contribution in [3.05, 3.63) is 43.7 Å². The van der Waals surface area contributed by atoms with Gasteiger partial charge in [-0.1, -0.05) is 11.6 Å². The smallest absolute Gasteiger partial charge is 0.341 e. The third-order valence-electron chi connectivity index (χ3n) is 4.16. The summed E-state index contributed by atoms with van der Waals surface area (Å²) in [7, 11) is 0. The molecule has 1 aliphatic rings. The summed E-state index contributed by atoms with van der Waals surface area (Å²) in [6.07, 6.45) is 3.90. The minimum absolute atomic E-state index is 0.176. The summed E-state index contributed by atoms with van der Waals surface area (Å²) >= 11 is 10.7. The van der Waals surface area contributed by atoms with Gasteiger partial charge < -0.3 is 14.8 Å². The van der Waals surface area contributed by atoms with Gasteiger partial charge in [-0.05, 0) is 72.3 Å². The fourth-order valence-electron chi connectivity index (χ4n) is 2.97. The normalized spacial score (nSPS) is 13.0. The minimum Gasteiger partial charge on any atom is -0.483 e. The van der Waals surface area contributed by atoms with E-state index in [1.54, 1.807) is 25.1 Å². The molecule has 0 bridgehead atoms. The van der Waals surface area contributed by atoms with Crippen LogP contribution in [0.15, 0.2) is 22.7 Å². The zero-order valence-electron chi connectivity index (χ0n) is 14.8. The van der Waals surface area contributed by atoms with Crippen molar-refractivity contribution in [2.75, 3.05) is 18.5 Å². The van der Waals surface area contributed by atoms with Crippen LogP contribution < -0.4 is 10.1 Å². The van der Waals surface area contributed by atoms with Crippen molar-refractivity contribution in [3.8, 4) is 5.75 Å². The highest BCUT2D eigenvalue weighted by molar-refractivity contribution is 9.10. The lowest BCUT2D eigenvalue weighted by Gasteiger charge is -2.12. The van der Waals surface area contributed by atoms with Crippen molar-refractivity contribution in [1.29, 1.82) is 0 Å². The minimum atomic E-state index is -0.381. The summed E-state index contributed by atoms with van der Waals surface area (Å²) in [6.45, 7) is 1.89. The number of hydrogen-bond acceptors (Lipinski definition) is 5. The first-order valence-corrected chi connectivity index (χ1v) is 10.7. The molecular weight excluding hydrogens is 454 g/mol. The molecule has 0 spiro atoms. The number of halogens is 2. The summed E-state index contributed by atoms with van der Waals surface area (Å²) in [5.41, 5.74) is 1.51. The molecule has 0 fully saturated rings. The molecule has 0 atom stereocenters. The molecular formula is C19H19BrClNO4S. The molecule has 1 N–H and O–H groups in total. The molecule has 0 saturated heterocycles. The Labute approximate surface area is 175 Å². The summed E-state index contributed by atoms with van der Waals surface area (Å²) in [5.74, 6) is -0.194. The number of carbonyl (C=O) groups is 2. The second kappa shape index (κ2) is 9.08. The van der Waals surface area contributed by atoms with Crippen molar-refractivity contribution in [2.24, 2.45) is 0 Å². The molecule has 1 amide bonds. The molecule has 27 heavy (non-hydrogen) atoms. The molecule has 0 aliphatic heterocycles. The monoisotopic (exact) mass is 471 g/mol. The summed E-state index contributed by atoms with van der Waals surface area (Å²) < 4.78 is 11.4. The summed E-state index contributed by atoms with van der Waals surface area (Å²) in [6, 6.07) is 5.07. The maximum Gasteiger partial charge on any atom is 0.341 e. The van der Waals surface area contributed by atoms with E-state index in [0.717, 1.165) is 36.1 Å². The van der Waals surface area contributed by atoms with Crippen LogP contribution in [0.2, 0.25) is 5.02 Å². The van der Waals surface area contributed by atoms with Crippen LogP contribution in [0, 0.1) is 0 Å². The Kier molecular flexibility index (Phi) is 6.78. The number of ether oxygens (including phenoxy) is 2. The highest BCUT2D eigenvalue weighted by Gasteiger charge is 2.27. The molecule has 0 radical (unpaired) electrons. The lowest BCUT2D eigenvalue weighted by atomic mass is 9.95. The largest absolute Gasteiger partial charge is 0.483 e. The lowest BCUT2D eigenvalue weighted by Crippen LogP contribution is -2.21. The van der Waals surface area contributed by atoms with Crippen molar-refractivity contribution < 1.29 is 19.1 Å². The number of aryl methyl sites for hydroxylation is 1. The maximum absolute atomic E-state index is 12.4. The zero-order valence-corrected chi connectivity index (χ0v) is 17.9. The van der Waals surface area contributed by atoms with Gasteiger partial charge in [0.2, 0.25) is 0 Å². The van der Waals surface area contributed by atoms with Gasteiger partial charge in [-0.25, -0.2) is 4.79 Å². The lowest BCUT2D eigenvalue weighted by molar-refractivity contribution is -0.118. The number of benzene rings is 1. The molecule has 0 unspecified atom stereocenters. The van der Waals surface area contributed by atoms with E-state index in [0.29, 0.717) is 32.4 Å². The fraction of sp³-hybridized carbons (Fsp3) is 0.368. The first kappa shape index (κ1) is 20.2. The predicted octanol–water partition coefficient (Wildman–Crippen LogP) is 5.24. The van der Waals surface area contributed by atoms with E-state index in [2.05, 4.69) is 21.2 Å². The third kappa shape index (κ3) is 4.83. The number of thiophene rings is 1. The van der Waals surface area contributed by atoms with Crippen LogP contribution in [0.5, 0.6) is 5.75 Å². The Morgan fingerprint density at radius 2 is 2.07 bits per heavy atom. The highest BCUT2D eigenvalue weighted by Crippen LogP contribution is 2.38. The quantitative estimate of drug-likeness (QED) is 0.584. The van der Waals surface area contributed by atoms with E-state index in [9.17, 15) is 9.59 Å². The number of carbonyl (C=O) groups excluding carboxylic acids is 2. The number of nitrogens with one attached hydrogen (secondary N) is 1. The van der Waals surface area contributed by atoms with E-state index in [4.69, 9.17) is 21.1 Å². The van der Waals surface area contributed by atoms with Gasteiger partial charge in [0, 0.05) is 9.90 Å². The van der Waals surface area contributed by atoms with Crippen molar-refractivity contribution in [2.45, 2.75) is 32.6 Å². The summed E-state index contributed by atoms with van der Waals surface area (Å²) in [5, 5.41) is 3.94. The van der Waals surface area contributed by atoms with Crippen LogP contribution in [0.3, 0.4) is 0 Å². The molecule has 1 aliphatic carbocycles. The van der Waals surface area contributed by atoms with Crippen molar-refractivity contribution in [3.63, 3.8) is 0 Å². The number of esters is 1. The average Bonchev–Trinajstić information content (AvgIpc) is 2.99. The maximum atomic E-state index is 12.4. The number of amides is 1. The SMILES string of the molecule is CCOC(=O)c1c(NC(=O)COc2ccc(Cl)cc2Br)sc2c1CCCC2. The topological polar surface area (TPSA) is 64.6 Å². The van der Waals surface area contributed by atoms with Gasteiger partial charge in [-0.15, -0.1) is 11.3 Å². The Bertz CT molecular complexity index is 868.